The number of hydrogen-bond donors (Lipinski definition) is 2. The van der Waals surface area contributed by atoms with Crippen molar-refractivity contribution >= 4 is 11.7 Å². The molecule has 1 aromatic carbocycles. The van der Waals surface area contributed by atoms with Crippen molar-refractivity contribution in [1.29, 1.82) is 0 Å². The van der Waals surface area contributed by atoms with E-state index in [0.717, 1.165) is 24.5 Å². The molecule has 0 bridgehead atoms. The molecule has 122 valence electrons. The second kappa shape index (κ2) is 6.68. The summed E-state index contributed by atoms with van der Waals surface area (Å²) in [5.74, 6) is 2.66. The molecule has 2 N–H and O–H groups in total. The third kappa shape index (κ3) is 3.44. The molecule has 0 saturated carbocycles. The number of para-hydroxylation sites is 2. The van der Waals surface area contributed by atoms with Gasteiger partial charge in [0.05, 0.1) is 12.8 Å². The number of anilines is 1. The Morgan fingerprint density at radius 3 is 2.74 bits per heavy atom. The van der Waals surface area contributed by atoms with Crippen molar-refractivity contribution in [2.45, 2.75) is 25.7 Å². The van der Waals surface area contributed by atoms with Gasteiger partial charge in [-0.1, -0.05) is 12.1 Å². The number of piperidine rings is 1. The first-order valence-electron chi connectivity index (χ1n) is 7.75. The highest BCUT2D eigenvalue weighted by Crippen LogP contribution is 2.27. The highest BCUT2D eigenvalue weighted by molar-refractivity contribution is 5.91. The zero-order valence-electron chi connectivity index (χ0n) is 13.4. The molecule has 2 heterocycles. The quantitative estimate of drug-likeness (QED) is 0.911. The molecular weight excluding hydrogens is 294 g/mol. The first kappa shape index (κ1) is 15.3. The van der Waals surface area contributed by atoms with Crippen molar-refractivity contribution in [3.63, 3.8) is 0 Å². The minimum Gasteiger partial charge on any atom is -0.495 e. The van der Waals surface area contributed by atoms with E-state index in [1.807, 2.05) is 36.1 Å². The lowest BCUT2D eigenvalue weighted by Gasteiger charge is -2.31. The minimum absolute atomic E-state index is 0.0980. The molecule has 1 fully saturated rings. The maximum atomic E-state index is 12.4. The number of aromatic amines is 1. The van der Waals surface area contributed by atoms with Crippen molar-refractivity contribution < 1.29 is 9.53 Å². The van der Waals surface area contributed by atoms with E-state index in [1.165, 1.54) is 0 Å². The number of carbonyl (C=O) groups excluding carboxylic acids is 1. The molecule has 2 amide bonds. The Bertz CT molecular complexity index is 677. The largest absolute Gasteiger partial charge is 0.495 e. The fourth-order valence-electron chi connectivity index (χ4n) is 2.83. The van der Waals surface area contributed by atoms with Gasteiger partial charge >= 0.3 is 6.03 Å². The number of nitrogens with one attached hydrogen (secondary N) is 2. The molecule has 23 heavy (non-hydrogen) atoms. The number of aromatic nitrogens is 3. The summed E-state index contributed by atoms with van der Waals surface area (Å²) in [7, 11) is 1.59. The number of hydrogen-bond acceptors (Lipinski definition) is 4. The van der Waals surface area contributed by atoms with E-state index in [-0.39, 0.29) is 6.03 Å². The Morgan fingerprint density at radius 1 is 1.35 bits per heavy atom. The summed E-state index contributed by atoms with van der Waals surface area (Å²) in [6, 6.07) is 7.31. The van der Waals surface area contributed by atoms with E-state index in [2.05, 4.69) is 20.5 Å². The van der Waals surface area contributed by atoms with E-state index >= 15 is 0 Å². The first-order chi connectivity index (χ1) is 11.2. The zero-order valence-corrected chi connectivity index (χ0v) is 13.4. The van der Waals surface area contributed by atoms with Crippen LogP contribution in [0, 0.1) is 6.92 Å². The summed E-state index contributed by atoms with van der Waals surface area (Å²) in [6.45, 7) is 3.28. The molecule has 7 heteroatoms. The van der Waals surface area contributed by atoms with Gasteiger partial charge in [0, 0.05) is 19.0 Å². The van der Waals surface area contributed by atoms with Crippen LogP contribution in [0.4, 0.5) is 10.5 Å². The third-order valence-electron chi connectivity index (χ3n) is 4.11. The van der Waals surface area contributed by atoms with E-state index in [0.29, 0.717) is 30.4 Å². The average Bonchev–Trinajstić information content (AvgIpc) is 3.02. The number of H-pyrrole nitrogens is 1. The topological polar surface area (TPSA) is 83.1 Å². The predicted octanol–water partition coefficient (Wildman–Crippen LogP) is 2.53. The zero-order chi connectivity index (χ0) is 16.2. The lowest BCUT2D eigenvalue weighted by atomic mass is 9.96. The van der Waals surface area contributed by atoms with Gasteiger partial charge in [0.15, 0.2) is 5.82 Å². The summed E-state index contributed by atoms with van der Waals surface area (Å²) in [5, 5.41) is 10.0. The third-order valence-corrected chi connectivity index (χ3v) is 4.11. The SMILES string of the molecule is COc1ccccc1NC(=O)N1CCC(c2n[nH]c(C)n2)CC1. The molecule has 0 atom stereocenters. The molecule has 0 spiro atoms. The smallest absolute Gasteiger partial charge is 0.321 e. The average molecular weight is 315 g/mol. The van der Waals surface area contributed by atoms with Crippen LogP contribution in [0.3, 0.4) is 0 Å². The van der Waals surface area contributed by atoms with E-state index in [4.69, 9.17) is 4.74 Å². The van der Waals surface area contributed by atoms with Gasteiger partial charge in [0.1, 0.15) is 11.6 Å². The molecule has 1 aliphatic heterocycles. The number of methoxy groups -OCH3 is 1. The van der Waals surface area contributed by atoms with E-state index in [9.17, 15) is 4.79 Å². The molecular formula is C16H21N5O2. The van der Waals surface area contributed by atoms with Crippen LogP contribution in [0.15, 0.2) is 24.3 Å². The Kier molecular flexibility index (Phi) is 4.45. The molecule has 1 aromatic heterocycles. The molecule has 0 radical (unpaired) electrons. The van der Waals surface area contributed by atoms with Crippen LogP contribution in [0.5, 0.6) is 5.75 Å². The molecule has 1 saturated heterocycles. The van der Waals surface area contributed by atoms with Crippen molar-refractivity contribution in [2.75, 3.05) is 25.5 Å². The number of ether oxygens (including phenoxy) is 1. The lowest BCUT2D eigenvalue weighted by Crippen LogP contribution is -2.40. The van der Waals surface area contributed by atoms with Gasteiger partial charge in [-0.25, -0.2) is 9.78 Å². The number of aryl methyl sites for hydroxylation is 1. The fraction of sp³-hybridized carbons (Fsp3) is 0.438. The number of carbonyl (C=O) groups is 1. The van der Waals surface area contributed by atoms with Gasteiger partial charge in [-0.2, -0.15) is 5.10 Å². The Balaban J connectivity index is 1.58. The van der Waals surface area contributed by atoms with Crippen LogP contribution in [-0.4, -0.2) is 46.3 Å². The van der Waals surface area contributed by atoms with Gasteiger partial charge in [0.25, 0.3) is 0 Å². The summed E-state index contributed by atoms with van der Waals surface area (Å²) >= 11 is 0. The molecule has 0 unspecified atom stereocenters. The van der Waals surface area contributed by atoms with Gasteiger partial charge in [-0.15, -0.1) is 0 Å². The number of benzene rings is 1. The number of likely N-dealkylation sites (tertiary alicyclic amines) is 1. The Labute approximate surface area is 135 Å². The molecule has 0 aliphatic carbocycles. The Hall–Kier alpha value is -2.57. The van der Waals surface area contributed by atoms with Gasteiger partial charge in [-0.05, 0) is 31.9 Å². The van der Waals surface area contributed by atoms with Crippen LogP contribution in [0.25, 0.3) is 0 Å². The summed E-state index contributed by atoms with van der Waals surface area (Å²) in [4.78, 5) is 18.6. The molecule has 7 nitrogen and oxygen atoms in total. The van der Waals surface area contributed by atoms with Gasteiger partial charge < -0.3 is 15.0 Å². The monoisotopic (exact) mass is 315 g/mol. The van der Waals surface area contributed by atoms with Crippen molar-refractivity contribution in [2.24, 2.45) is 0 Å². The lowest BCUT2D eigenvalue weighted by molar-refractivity contribution is 0.193. The van der Waals surface area contributed by atoms with Crippen molar-refractivity contribution in [1.82, 2.24) is 20.1 Å². The van der Waals surface area contributed by atoms with Gasteiger partial charge in [-0.3, -0.25) is 5.10 Å². The maximum Gasteiger partial charge on any atom is 0.321 e. The highest BCUT2D eigenvalue weighted by atomic mass is 16.5. The second-order valence-corrected chi connectivity index (χ2v) is 5.67. The number of urea groups is 1. The fourth-order valence-corrected chi connectivity index (χ4v) is 2.83. The number of nitrogens with zero attached hydrogens (tertiary/aromatic N) is 3. The summed E-state index contributed by atoms with van der Waals surface area (Å²) in [6.07, 6.45) is 1.74. The molecule has 1 aliphatic rings. The van der Waals surface area contributed by atoms with E-state index in [1.54, 1.807) is 7.11 Å². The summed E-state index contributed by atoms with van der Waals surface area (Å²) in [5.41, 5.74) is 0.687. The highest BCUT2D eigenvalue weighted by Gasteiger charge is 2.26. The van der Waals surface area contributed by atoms with Crippen molar-refractivity contribution in [3.8, 4) is 5.75 Å². The second-order valence-electron chi connectivity index (χ2n) is 5.67. The van der Waals surface area contributed by atoms with Crippen LogP contribution in [-0.2, 0) is 0 Å². The van der Waals surface area contributed by atoms with Crippen LogP contribution in [0.1, 0.15) is 30.4 Å². The Morgan fingerprint density at radius 2 is 2.09 bits per heavy atom. The minimum atomic E-state index is -0.0980. The normalized spacial score (nSPS) is 15.5. The number of amides is 2. The number of rotatable bonds is 3. The molecule has 3 rings (SSSR count). The maximum absolute atomic E-state index is 12.4. The van der Waals surface area contributed by atoms with Crippen molar-refractivity contribution in [3.05, 3.63) is 35.9 Å². The standard InChI is InChI=1S/C16H21N5O2/c1-11-17-15(20-19-11)12-7-9-21(10-8-12)16(22)18-13-5-3-4-6-14(13)23-2/h3-6,12H,7-10H2,1-2H3,(H,18,22)(H,17,19,20). The van der Waals surface area contributed by atoms with E-state index < -0.39 is 0 Å². The van der Waals surface area contributed by atoms with Gasteiger partial charge in [0.2, 0.25) is 0 Å². The van der Waals surface area contributed by atoms with Crippen LogP contribution >= 0.6 is 0 Å². The summed E-state index contributed by atoms with van der Waals surface area (Å²) < 4.78 is 5.26. The molecule has 2 aromatic rings. The van der Waals surface area contributed by atoms with Crippen LogP contribution in [0.2, 0.25) is 0 Å². The predicted molar refractivity (Wildman–Crippen MR) is 86.7 cm³/mol. The first-order valence-corrected chi connectivity index (χ1v) is 7.75. The van der Waals surface area contributed by atoms with Crippen LogP contribution < -0.4 is 10.1 Å².